The lowest BCUT2D eigenvalue weighted by Crippen LogP contribution is -2.15. The maximum Gasteiger partial charge on any atom is 0.433 e. The van der Waals surface area contributed by atoms with E-state index in [1.165, 1.54) is 0 Å². The monoisotopic (exact) mass is 318 g/mol. The summed E-state index contributed by atoms with van der Waals surface area (Å²) >= 11 is 5.21. The van der Waals surface area contributed by atoms with E-state index in [1.54, 1.807) is 0 Å². The van der Waals surface area contributed by atoms with Crippen LogP contribution in [-0.2, 0) is 16.0 Å². The van der Waals surface area contributed by atoms with Crippen LogP contribution in [0.15, 0.2) is 17.2 Å². The Labute approximate surface area is 110 Å². The van der Waals surface area contributed by atoms with Crippen LogP contribution in [0.2, 0.25) is 0 Å². The highest BCUT2D eigenvalue weighted by Gasteiger charge is 2.36. The van der Waals surface area contributed by atoms with Crippen molar-refractivity contribution in [3.05, 3.63) is 28.1 Å². The van der Waals surface area contributed by atoms with E-state index in [-0.39, 0.29) is 12.3 Å². The molecule has 0 radical (unpaired) electrons. The first-order valence-corrected chi connectivity index (χ1v) is 6.78. The molecule has 0 saturated heterocycles. The summed E-state index contributed by atoms with van der Waals surface area (Å²) < 4.78 is 60.6. The van der Waals surface area contributed by atoms with E-state index in [4.69, 9.17) is 11.6 Å². The second-order valence-corrected chi connectivity index (χ2v) is 5.76. The molecule has 0 atom stereocenters. The van der Waals surface area contributed by atoms with Crippen LogP contribution in [-0.4, -0.2) is 30.0 Å². The standard InChI is InChI=1S/C8H6ClF3N2O4S/c9-1-2-19(17,18)6-3-7(8(10,11)12)13-4-5(6)14(15)16/h3-4H,1-2H2. The van der Waals surface area contributed by atoms with Gasteiger partial charge in [0.15, 0.2) is 9.84 Å². The van der Waals surface area contributed by atoms with Gasteiger partial charge in [-0.05, 0) is 6.07 Å². The molecule has 11 heteroatoms. The van der Waals surface area contributed by atoms with E-state index < -0.39 is 48.8 Å². The average molecular weight is 319 g/mol. The predicted molar refractivity (Wildman–Crippen MR) is 58.7 cm³/mol. The third-order valence-corrected chi connectivity index (χ3v) is 4.17. The van der Waals surface area contributed by atoms with Gasteiger partial charge in [0.05, 0.1) is 10.7 Å². The molecule has 0 aliphatic rings. The molecule has 1 heterocycles. The molecule has 0 saturated carbocycles. The number of alkyl halides is 4. The number of pyridine rings is 1. The van der Waals surface area contributed by atoms with E-state index in [1.807, 2.05) is 0 Å². The molecule has 0 unspecified atom stereocenters. The largest absolute Gasteiger partial charge is 0.433 e. The highest BCUT2D eigenvalue weighted by Crippen LogP contribution is 2.32. The smallest absolute Gasteiger partial charge is 0.258 e. The Balaban J connectivity index is 3.53. The van der Waals surface area contributed by atoms with Crippen LogP contribution in [0.3, 0.4) is 0 Å². The maximum absolute atomic E-state index is 12.4. The van der Waals surface area contributed by atoms with Gasteiger partial charge in [-0.3, -0.25) is 10.1 Å². The Hall–Kier alpha value is -1.42. The Morgan fingerprint density at radius 3 is 2.42 bits per heavy atom. The summed E-state index contributed by atoms with van der Waals surface area (Å²) in [6, 6.07) is 0.139. The SMILES string of the molecule is O=[N+]([O-])c1cnc(C(F)(F)F)cc1S(=O)(=O)CCCl. The maximum atomic E-state index is 12.4. The van der Waals surface area contributed by atoms with Crippen molar-refractivity contribution in [2.45, 2.75) is 11.1 Å². The van der Waals surface area contributed by atoms with Crippen molar-refractivity contribution in [3.8, 4) is 0 Å². The van der Waals surface area contributed by atoms with Crippen molar-refractivity contribution < 1.29 is 26.5 Å². The number of aromatic nitrogens is 1. The number of sulfone groups is 1. The normalized spacial score (nSPS) is 12.4. The van der Waals surface area contributed by atoms with Gasteiger partial charge in [-0.2, -0.15) is 13.2 Å². The first-order chi connectivity index (χ1) is 8.59. The fourth-order valence-corrected chi connectivity index (χ4v) is 2.95. The minimum absolute atomic E-state index is 0.139. The van der Waals surface area contributed by atoms with Crippen LogP contribution >= 0.6 is 11.6 Å². The summed E-state index contributed by atoms with van der Waals surface area (Å²) in [6.45, 7) is 0. The third-order valence-electron chi connectivity index (χ3n) is 2.01. The van der Waals surface area contributed by atoms with Gasteiger partial charge in [0.25, 0.3) is 0 Å². The van der Waals surface area contributed by atoms with Crippen molar-refractivity contribution in [1.82, 2.24) is 4.98 Å². The molecule has 1 aromatic rings. The van der Waals surface area contributed by atoms with Crippen LogP contribution in [0, 0.1) is 10.1 Å². The van der Waals surface area contributed by atoms with Gasteiger partial charge in [0.1, 0.15) is 16.8 Å². The van der Waals surface area contributed by atoms with Crippen molar-refractivity contribution in [3.63, 3.8) is 0 Å². The fourth-order valence-electron chi connectivity index (χ4n) is 1.18. The second-order valence-electron chi connectivity index (χ2n) is 3.30. The molecule has 1 rings (SSSR count). The molecule has 0 aliphatic carbocycles. The lowest BCUT2D eigenvalue weighted by Gasteiger charge is -2.08. The van der Waals surface area contributed by atoms with E-state index in [9.17, 15) is 31.7 Å². The molecule has 106 valence electrons. The van der Waals surface area contributed by atoms with Gasteiger partial charge in [0.2, 0.25) is 0 Å². The number of hydrogen-bond donors (Lipinski definition) is 0. The second kappa shape index (κ2) is 5.29. The van der Waals surface area contributed by atoms with Crippen molar-refractivity contribution >= 4 is 27.1 Å². The molecular formula is C8H6ClF3N2O4S. The first-order valence-electron chi connectivity index (χ1n) is 4.60. The Bertz CT molecular complexity index is 603. The number of halogens is 4. The van der Waals surface area contributed by atoms with Crippen LogP contribution in [0.5, 0.6) is 0 Å². The average Bonchev–Trinajstić information content (AvgIpc) is 2.26. The molecule has 0 aromatic carbocycles. The fraction of sp³-hybridized carbons (Fsp3) is 0.375. The Morgan fingerprint density at radius 2 is 2.00 bits per heavy atom. The van der Waals surface area contributed by atoms with Crippen LogP contribution in [0.25, 0.3) is 0 Å². The van der Waals surface area contributed by atoms with Crippen molar-refractivity contribution in [2.75, 3.05) is 11.6 Å². The lowest BCUT2D eigenvalue weighted by molar-refractivity contribution is -0.388. The summed E-state index contributed by atoms with van der Waals surface area (Å²) in [5.41, 5.74) is -2.54. The summed E-state index contributed by atoms with van der Waals surface area (Å²) in [6.07, 6.45) is -4.63. The van der Waals surface area contributed by atoms with E-state index >= 15 is 0 Å². The molecule has 6 nitrogen and oxygen atoms in total. The summed E-state index contributed by atoms with van der Waals surface area (Å²) in [5, 5.41) is 10.6. The molecule has 0 amide bonds. The van der Waals surface area contributed by atoms with Gasteiger partial charge in [-0.15, -0.1) is 11.6 Å². The van der Waals surface area contributed by atoms with E-state index in [0.29, 0.717) is 0 Å². The zero-order chi connectivity index (χ0) is 14.8. The number of nitro groups is 1. The summed E-state index contributed by atoms with van der Waals surface area (Å²) in [5.74, 6) is -1.11. The van der Waals surface area contributed by atoms with Crippen molar-refractivity contribution in [2.24, 2.45) is 0 Å². The van der Waals surface area contributed by atoms with E-state index in [0.717, 1.165) is 0 Å². The van der Waals surface area contributed by atoms with E-state index in [2.05, 4.69) is 4.98 Å². The minimum Gasteiger partial charge on any atom is -0.258 e. The zero-order valence-electron chi connectivity index (χ0n) is 9.02. The topological polar surface area (TPSA) is 90.2 Å². The van der Waals surface area contributed by atoms with Crippen LogP contribution < -0.4 is 0 Å². The summed E-state index contributed by atoms with van der Waals surface area (Å²) in [4.78, 5) is 11.3. The molecule has 0 N–H and O–H groups in total. The van der Waals surface area contributed by atoms with Gasteiger partial charge < -0.3 is 0 Å². The zero-order valence-corrected chi connectivity index (χ0v) is 10.6. The lowest BCUT2D eigenvalue weighted by atomic mass is 10.3. The summed E-state index contributed by atoms with van der Waals surface area (Å²) in [7, 11) is -4.28. The molecule has 0 aliphatic heterocycles. The Kier molecular flexibility index (Phi) is 4.35. The minimum atomic E-state index is -4.90. The van der Waals surface area contributed by atoms with Gasteiger partial charge >= 0.3 is 11.9 Å². The number of nitrogens with zero attached hydrogens (tertiary/aromatic N) is 2. The molecular weight excluding hydrogens is 313 g/mol. The third kappa shape index (κ3) is 3.53. The van der Waals surface area contributed by atoms with Gasteiger partial charge in [-0.1, -0.05) is 0 Å². The molecule has 19 heavy (non-hydrogen) atoms. The molecule has 1 aromatic heterocycles. The Morgan fingerprint density at radius 1 is 1.42 bits per heavy atom. The van der Waals surface area contributed by atoms with Gasteiger partial charge in [0, 0.05) is 5.88 Å². The van der Waals surface area contributed by atoms with Crippen LogP contribution in [0.4, 0.5) is 18.9 Å². The van der Waals surface area contributed by atoms with Crippen LogP contribution in [0.1, 0.15) is 5.69 Å². The van der Waals surface area contributed by atoms with Crippen molar-refractivity contribution in [1.29, 1.82) is 0 Å². The molecule has 0 fully saturated rings. The quantitative estimate of drug-likeness (QED) is 0.481. The highest BCUT2D eigenvalue weighted by atomic mass is 35.5. The number of hydrogen-bond acceptors (Lipinski definition) is 5. The van der Waals surface area contributed by atoms with Gasteiger partial charge in [-0.25, -0.2) is 13.4 Å². The predicted octanol–water partition coefficient (Wildman–Crippen LogP) is 2.02. The highest BCUT2D eigenvalue weighted by molar-refractivity contribution is 7.91. The number of rotatable bonds is 4. The molecule has 0 bridgehead atoms. The molecule has 0 spiro atoms. The first kappa shape index (κ1) is 15.6.